The number of sulfonamides is 1. The van der Waals surface area contributed by atoms with Crippen molar-refractivity contribution < 1.29 is 23.1 Å². The van der Waals surface area contributed by atoms with Gasteiger partial charge in [-0.25, -0.2) is 13.2 Å². The van der Waals surface area contributed by atoms with Gasteiger partial charge in [0, 0.05) is 0 Å². The molecule has 0 aromatic heterocycles. The van der Waals surface area contributed by atoms with Gasteiger partial charge in [0.05, 0.1) is 17.9 Å². The molecule has 2 N–H and O–H groups in total. The lowest BCUT2D eigenvalue weighted by atomic mass is 9.98. The molecular weight excluding hydrogens is 354 g/mol. The Labute approximate surface area is 153 Å². The first-order valence-corrected chi connectivity index (χ1v) is 9.78. The third kappa shape index (κ3) is 4.16. The van der Waals surface area contributed by atoms with Crippen molar-refractivity contribution in [1.29, 1.82) is 0 Å². The van der Waals surface area contributed by atoms with E-state index in [9.17, 15) is 18.3 Å². The van der Waals surface area contributed by atoms with Gasteiger partial charge in [-0.2, -0.15) is 0 Å². The molecule has 0 fully saturated rings. The molecule has 7 heteroatoms. The largest absolute Gasteiger partial charge is 0.492 e. The number of aromatic carboxylic acids is 1. The zero-order chi connectivity index (χ0) is 19.5. The van der Waals surface area contributed by atoms with E-state index in [0.717, 1.165) is 11.1 Å². The molecule has 2 rings (SSSR count). The van der Waals surface area contributed by atoms with E-state index >= 15 is 0 Å². The summed E-state index contributed by atoms with van der Waals surface area (Å²) in [6.45, 7) is 7.95. The van der Waals surface area contributed by atoms with Crippen molar-refractivity contribution in [1.82, 2.24) is 0 Å². The van der Waals surface area contributed by atoms with E-state index in [-0.39, 0.29) is 27.8 Å². The first-order chi connectivity index (χ1) is 12.2. The van der Waals surface area contributed by atoms with Gasteiger partial charge in [0.1, 0.15) is 10.6 Å². The summed E-state index contributed by atoms with van der Waals surface area (Å²) in [5.74, 6) is -0.833. The number of nitrogens with one attached hydrogen (secondary N) is 1. The van der Waals surface area contributed by atoms with Crippen LogP contribution in [-0.2, 0) is 10.0 Å². The molecule has 140 valence electrons. The summed E-state index contributed by atoms with van der Waals surface area (Å²) >= 11 is 0. The Morgan fingerprint density at radius 1 is 1.23 bits per heavy atom. The molecule has 2 aromatic rings. The molecule has 0 aliphatic rings. The van der Waals surface area contributed by atoms with E-state index in [1.165, 1.54) is 18.2 Å². The van der Waals surface area contributed by atoms with Crippen molar-refractivity contribution in [3.8, 4) is 5.75 Å². The lowest BCUT2D eigenvalue weighted by Crippen LogP contribution is -2.17. The minimum atomic E-state index is -4.03. The van der Waals surface area contributed by atoms with Crippen molar-refractivity contribution >= 4 is 21.7 Å². The standard InChI is InChI=1S/C19H23NO5S/c1-5-25-17-10-13(4)15(12(2)3)11-18(17)26(23,24)20-16-9-7-6-8-14(16)19(21)22/h6-12,20H,5H2,1-4H3,(H,21,22). The summed E-state index contributed by atoms with van der Waals surface area (Å²) < 4.78 is 33.8. The lowest BCUT2D eigenvalue weighted by molar-refractivity contribution is 0.0698. The Bertz CT molecular complexity index is 920. The average molecular weight is 377 g/mol. The molecule has 2 aromatic carbocycles. The quantitative estimate of drug-likeness (QED) is 0.760. The second-order valence-electron chi connectivity index (χ2n) is 6.20. The zero-order valence-electron chi connectivity index (χ0n) is 15.2. The van der Waals surface area contributed by atoms with Crippen molar-refractivity contribution in [2.45, 2.75) is 38.5 Å². The molecule has 0 bridgehead atoms. The Kier molecular flexibility index (Phi) is 5.92. The number of hydrogen-bond donors (Lipinski definition) is 2. The molecular formula is C19H23NO5S. The number of rotatable bonds is 7. The van der Waals surface area contributed by atoms with Crippen LogP contribution in [0.3, 0.4) is 0 Å². The fraction of sp³-hybridized carbons (Fsp3) is 0.316. The number of carbonyl (C=O) groups is 1. The van der Waals surface area contributed by atoms with Crippen molar-refractivity contribution in [2.24, 2.45) is 0 Å². The minimum Gasteiger partial charge on any atom is -0.492 e. The highest BCUT2D eigenvalue weighted by Gasteiger charge is 2.24. The molecule has 0 saturated carbocycles. The molecule has 0 heterocycles. The average Bonchev–Trinajstić information content (AvgIpc) is 2.54. The molecule has 0 atom stereocenters. The van der Waals surface area contributed by atoms with E-state index in [1.807, 2.05) is 20.8 Å². The fourth-order valence-electron chi connectivity index (χ4n) is 2.74. The highest BCUT2D eigenvalue weighted by Crippen LogP contribution is 2.33. The number of ether oxygens (including phenoxy) is 1. The van der Waals surface area contributed by atoms with Crippen LogP contribution in [-0.4, -0.2) is 26.1 Å². The molecule has 0 radical (unpaired) electrons. The highest BCUT2D eigenvalue weighted by molar-refractivity contribution is 7.92. The second kappa shape index (κ2) is 7.78. The second-order valence-corrected chi connectivity index (χ2v) is 7.85. The summed E-state index contributed by atoms with van der Waals surface area (Å²) in [7, 11) is -4.03. The van der Waals surface area contributed by atoms with Gasteiger partial charge in [0.25, 0.3) is 10.0 Å². The van der Waals surface area contributed by atoms with E-state index in [2.05, 4.69) is 4.72 Å². The van der Waals surface area contributed by atoms with Crippen LogP contribution in [0.4, 0.5) is 5.69 Å². The van der Waals surface area contributed by atoms with Gasteiger partial charge in [-0.15, -0.1) is 0 Å². The van der Waals surface area contributed by atoms with Gasteiger partial charge in [-0.1, -0.05) is 26.0 Å². The maximum atomic E-state index is 13.0. The van der Waals surface area contributed by atoms with Crippen molar-refractivity contribution in [3.63, 3.8) is 0 Å². The lowest BCUT2D eigenvalue weighted by Gasteiger charge is -2.18. The minimum absolute atomic E-state index is 0.00570. The number of hydrogen-bond acceptors (Lipinski definition) is 4. The molecule has 26 heavy (non-hydrogen) atoms. The number of carboxylic acid groups (broad SMARTS) is 1. The molecule has 0 unspecified atom stereocenters. The third-order valence-corrected chi connectivity index (χ3v) is 5.33. The molecule has 0 aliphatic carbocycles. The van der Waals surface area contributed by atoms with Gasteiger partial charge >= 0.3 is 5.97 Å². The van der Waals surface area contributed by atoms with Gasteiger partial charge in [0.15, 0.2) is 0 Å². The summed E-state index contributed by atoms with van der Waals surface area (Å²) in [6.07, 6.45) is 0. The SMILES string of the molecule is CCOc1cc(C)c(C(C)C)cc1S(=O)(=O)Nc1ccccc1C(=O)O. The maximum Gasteiger partial charge on any atom is 0.337 e. The Balaban J connectivity index is 2.58. The monoisotopic (exact) mass is 377 g/mol. The Hall–Kier alpha value is -2.54. The summed E-state index contributed by atoms with van der Waals surface area (Å²) in [5, 5.41) is 9.27. The number of aryl methyl sites for hydroxylation is 1. The number of carboxylic acids is 1. The van der Waals surface area contributed by atoms with Crippen LogP contribution >= 0.6 is 0 Å². The van der Waals surface area contributed by atoms with Crippen LogP contribution in [0.25, 0.3) is 0 Å². The zero-order valence-corrected chi connectivity index (χ0v) is 16.1. The smallest absolute Gasteiger partial charge is 0.337 e. The first-order valence-electron chi connectivity index (χ1n) is 8.29. The summed E-state index contributed by atoms with van der Waals surface area (Å²) in [4.78, 5) is 11.3. The van der Waals surface area contributed by atoms with Crippen LogP contribution in [0, 0.1) is 6.92 Å². The van der Waals surface area contributed by atoms with E-state index < -0.39 is 16.0 Å². The third-order valence-electron chi connectivity index (χ3n) is 3.95. The van der Waals surface area contributed by atoms with Crippen LogP contribution in [0.2, 0.25) is 0 Å². The first kappa shape index (κ1) is 19.8. The summed E-state index contributed by atoms with van der Waals surface area (Å²) in [5.41, 5.74) is 1.72. The van der Waals surface area contributed by atoms with Gasteiger partial charge in [-0.3, -0.25) is 4.72 Å². The maximum absolute atomic E-state index is 13.0. The molecule has 0 aliphatic heterocycles. The Morgan fingerprint density at radius 2 is 1.88 bits per heavy atom. The van der Waals surface area contributed by atoms with Gasteiger partial charge < -0.3 is 9.84 Å². The van der Waals surface area contributed by atoms with Gasteiger partial charge in [-0.05, 0) is 55.2 Å². The Morgan fingerprint density at radius 3 is 2.46 bits per heavy atom. The molecule has 6 nitrogen and oxygen atoms in total. The number of benzene rings is 2. The number of para-hydroxylation sites is 1. The van der Waals surface area contributed by atoms with Crippen LogP contribution < -0.4 is 9.46 Å². The van der Waals surface area contributed by atoms with Gasteiger partial charge in [0.2, 0.25) is 0 Å². The van der Waals surface area contributed by atoms with Crippen LogP contribution in [0.15, 0.2) is 41.3 Å². The molecule has 0 saturated heterocycles. The predicted molar refractivity (Wildman–Crippen MR) is 101 cm³/mol. The van der Waals surface area contributed by atoms with Crippen molar-refractivity contribution in [2.75, 3.05) is 11.3 Å². The van der Waals surface area contributed by atoms with E-state index in [1.54, 1.807) is 25.1 Å². The van der Waals surface area contributed by atoms with Crippen LogP contribution in [0.5, 0.6) is 5.75 Å². The topological polar surface area (TPSA) is 92.7 Å². The predicted octanol–water partition coefficient (Wildman–Crippen LogP) is 4.02. The highest BCUT2D eigenvalue weighted by atomic mass is 32.2. The van der Waals surface area contributed by atoms with Crippen molar-refractivity contribution in [3.05, 3.63) is 53.1 Å². The van der Waals surface area contributed by atoms with E-state index in [4.69, 9.17) is 4.74 Å². The molecule has 0 spiro atoms. The summed E-state index contributed by atoms with van der Waals surface area (Å²) in [6, 6.07) is 9.17. The normalized spacial score (nSPS) is 11.4. The molecule has 0 amide bonds. The van der Waals surface area contributed by atoms with Crippen LogP contribution in [0.1, 0.15) is 48.2 Å². The number of anilines is 1. The fourth-order valence-corrected chi connectivity index (χ4v) is 3.98. The van der Waals surface area contributed by atoms with E-state index in [0.29, 0.717) is 6.61 Å².